The Morgan fingerprint density at radius 3 is 2.50 bits per heavy atom. The first-order valence-electron chi connectivity index (χ1n) is 5.06. The molecule has 0 spiro atoms. The van der Waals surface area contributed by atoms with Gasteiger partial charge in [-0.1, -0.05) is 26.0 Å². The van der Waals surface area contributed by atoms with Crippen LogP contribution in [0, 0.1) is 0 Å². The molecule has 0 bridgehead atoms. The van der Waals surface area contributed by atoms with Crippen LogP contribution in [-0.4, -0.2) is 4.68 Å². The van der Waals surface area contributed by atoms with Gasteiger partial charge >= 0.3 is 0 Å². The van der Waals surface area contributed by atoms with Crippen molar-refractivity contribution in [3.05, 3.63) is 30.0 Å². The Hall–Kier alpha value is -1.31. The standard InChI is InChI=1S/C12H17N2/c1-9(2)12-10-7-5-6-8-11(10)13(3)14(12)4/h5-9H,1-4H3/q+1. The first-order chi connectivity index (χ1) is 6.63. The van der Waals surface area contributed by atoms with E-state index in [1.165, 1.54) is 16.6 Å². The molecule has 0 radical (unpaired) electrons. The summed E-state index contributed by atoms with van der Waals surface area (Å²) < 4.78 is 4.43. The summed E-state index contributed by atoms with van der Waals surface area (Å²) in [6.07, 6.45) is 0. The first-order valence-corrected chi connectivity index (χ1v) is 5.06. The third-order valence-corrected chi connectivity index (χ3v) is 2.87. The third-order valence-electron chi connectivity index (χ3n) is 2.87. The molecular formula is C12H17N2+. The summed E-state index contributed by atoms with van der Waals surface area (Å²) in [5.41, 5.74) is 2.71. The minimum Gasteiger partial charge on any atom is -0.160 e. The SMILES string of the molecule is CC(C)c1c2ccccc2[n+](C)n1C. The molecule has 1 aromatic carbocycles. The van der Waals surface area contributed by atoms with Crippen LogP contribution in [0.3, 0.4) is 0 Å². The molecule has 14 heavy (non-hydrogen) atoms. The Morgan fingerprint density at radius 2 is 1.86 bits per heavy atom. The molecule has 0 aliphatic rings. The van der Waals surface area contributed by atoms with E-state index in [4.69, 9.17) is 0 Å². The summed E-state index contributed by atoms with van der Waals surface area (Å²) in [6.45, 7) is 4.48. The van der Waals surface area contributed by atoms with E-state index in [9.17, 15) is 0 Å². The lowest BCUT2D eigenvalue weighted by Crippen LogP contribution is -2.38. The van der Waals surface area contributed by atoms with Crippen LogP contribution in [0.25, 0.3) is 10.9 Å². The van der Waals surface area contributed by atoms with Crippen LogP contribution >= 0.6 is 0 Å². The molecule has 0 saturated heterocycles. The highest BCUT2D eigenvalue weighted by molar-refractivity contribution is 5.79. The molecule has 0 atom stereocenters. The molecule has 1 aromatic heterocycles. The fraction of sp³-hybridized carbons (Fsp3) is 0.417. The van der Waals surface area contributed by atoms with Gasteiger partial charge in [0.25, 0.3) is 0 Å². The lowest BCUT2D eigenvalue weighted by molar-refractivity contribution is -0.728. The molecule has 0 aliphatic heterocycles. The van der Waals surface area contributed by atoms with Crippen molar-refractivity contribution >= 4 is 10.9 Å². The van der Waals surface area contributed by atoms with E-state index in [0.29, 0.717) is 5.92 Å². The van der Waals surface area contributed by atoms with E-state index in [1.807, 2.05) is 0 Å². The fourth-order valence-corrected chi connectivity index (χ4v) is 2.15. The number of fused-ring (bicyclic) bond motifs is 1. The maximum Gasteiger partial charge on any atom is 0.238 e. The number of nitrogens with zero attached hydrogens (tertiary/aromatic N) is 2. The lowest BCUT2D eigenvalue weighted by Gasteiger charge is -2.02. The minimum atomic E-state index is 0.561. The van der Waals surface area contributed by atoms with Crippen molar-refractivity contribution in [2.24, 2.45) is 14.1 Å². The van der Waals surface area contributed by atoms with E-state index in [2.05, 4.69) is 61.6 Å². The molecule has 74 valence electrons. The predicted octanol–water partition coefficient (Wildman–Crippen LogP) is 2.13. The van der Waals surface area contributed by atoms with Gasteiger partial charge in [0.1, 0.15) is 0 Å². The molecule has 0 aliphatic carbocycles. The van der Waals surface area contributed by atoms with Gasteiger partial charge < -0.3 is 0 Å². The number of hydrogen-bond acceptors (Lipinski definition) is 0. The van der Waals surface area contributed by atoms with Gasteiger partial charge in [0.15, 0.2) is 7.05 Å². The summed E-state index contributed by atoms with van der Waals surface area (Å²) in [6, 6.07) is 8.56. The van der Waals surface area contributed by atoms with Crippen molar-refractivity contribution in [3.8, 4) is 0 Å². The molecule has 0 fully saturated rings. The van der Waals surface area contributed by atoms with Crippen molar-refractivity contribution in [1.29, 1.82) is 0 Å². The minimum absolute atomic E-state index is 0.561. The predicted molar refractivity (Wildman–Crippen MR) is 58.2 cm³/mol. The van der Waals surface area contributed by atoms with Gasteiger partial charge in [-0.25, -0.2) is 0 Å². The van der Waals surface area contributed by atoms with Crippen LogP contribution in [0.15, 0.2) is 24.3 Å². The summed E-state index contributed by atoms with van der Waals surface area (Å²) >= 11 is 0. The summed E-state index contributed by atoms with van der Waals surface area (Å²) in [5.74, 6) is 0.561. The number of aryl methyl sites for hydroxylation is 1. The number of para-hydroxylation sites is 1. The molecule has 2 heteroatoms. The Balaban J connectivity index is 2.88. The molecule has 0 amide bonds. The summed E-state index contributed by atoms with van der Waals surface area (Å²) in [7, 11) is 4.23. The summed E-state index contributed by atoms with van der Waals surface area (Å²) in [4.78, 5) is 0. The Bertz CT molecular complexity index is 466. The van der Waals surface area contributed by atoms with E-state index in [0.717, 1.165) is 0 Å². The largest absolute Gasteiger partial charge is 0.238 e. The molecule has 1 heterocycles. The average molecular weight is 189 g/mol. The molecule has 0 unspecified atom stereocenters. The highest BCUT2D eigenvalue weighted by atomic mass is 15.4. The lowest BCUT2D eigenvalue weighted by atomic mass is 10.1. The molecular weight excluding hydrogens is 172 g/mol. The van der Waals surface area contributed by atoms with E-state index < -0.39 is 0 Å². The second-order valence-electron chi connectivity index (χ2n) is 4.10. The zero-order chi connectivity index (χ0) is 10.3. The van der Waals surface area contributed by atoms with Crippen molar-refractivity contribution < 1.29 is 4.68 Å². The van der Waals surface area contributed by atoms with E-state index in [1.54, 1.807) is 0 Å². The molecule has 2 rings (SSSR count). The maximum atomic E-state index is 2.24. The second kappa shape index (κ2) is 3.12. The van der Waals surface area contributed by atoms with Gasteiger partial charge in [0.2, 0.25) is 5.52 Å². The van der Waals surface area contributed by atoms with Crippen molar-refractivity contribution in [2.75, 3.05) is 0 Å². The molecule has 2 nitrogen and oxygen atoms in total. The zero-order valence-electron chi connectivity index (χ0n) is 9.28. The highest BCUT2D eigenvalue weighted by Crippen LogP contribution is 2.22. The van der Waals surface area contributed by atoms with Crippen LogP contribution in [-0.2, 0) is 14.1 Å². The zero-order valence-corrected chi connectivity index (χ0v) is 9.28. The Kier molecular flexibility index (Phi) is 2.06. The van der Waals surface area contributed by atoms with Crippen LogP contribution < -0.4 is 4.68 Å². The van der Waals surface area contributed by atoms with E-state index in [-0.39, 0.29) is 0 Å². The number of benzene rings is 1. The van der Waals surface area contributed by atoms with Crippen molar-refractivity contribution in [3.63, 3.8) is 0 Å². The van der Waals surface area contributed by atoms with Gasteiger partial charge in [0.05, 0.1) is 18.1 Å². The van der Waals surface area contributed by atoms with Crippen molar-refractivity contribution in [2.45, 2.75) is 19.8 Å². The van der Waals surface area contributed by atoms with Gasteiger partial charge in [0, 0.05) is 6.07 Å². The van der Waals surface area contributed by atoms with E-state index >= 15 is 0 Å². The number of hydrogen-bond donors (Lipinski definition) is 0. The first kappa shape index (κ1) is 9.25. The topological polar surface area (TPSA) is 8.81 Å². The van der Waals surface area contributed by atoms with Gasteiger partial charge in [-0.2, -0.15) is 4.68 Å². The molecule has 0 saturated carbocycles. The maximum absolute atomic E-state index is 2.24. The van der Waals surface area contributed by atoms with Gasteiger partial charge in [-0.3, -0.25) is 0 Å². The van der Waals surface area contributed by atoms with Crippen LogP contribution in [0.2, 0.25) is 0 Å². The summed E-state index contributed by atoms with van der Waals surface area (Å²) in [5, 5.41) is 1.37. The molecule has 2 aromatic rings. The highest BCUT2D eigenvalue weighted by Gasteiger charge is 2.19. The Morgan fingerprint density at radius 1 is 1.21 bits per heavy atom. The monoisotopic (exact) mass is 189 g/mol. The fourth-order valence-electron chi connectivity index (χ4n) is 2.15. The number of aromatic nitrogens is 2. The van der Waals surface area contributed by atoms with Crippen LogP contribution in [0.1, 0.15) is 25.5 Å². The van der Waals surface area contributed by atoms with Gasteiger partial charge in [-0.15, -0.1) is 4.68 Å². The third kappa shape index (κ3) is 1.14. The second-order valence-corrected chi connectivity index (χ2v) is 4.10. The smallest absolute Gasteiger partial charge is 0.160 e. The van der Waals surface area contributed by atoms with Crippen LogP contribution in [0.5, 0.6) is 0 Å². The number of rotatable bonds is 1. The van der Waals surface area contributed by atoms with Gasteiger partial charge in [-0.05, 0) is 12.0 Å². The average Bonchev–Trinajstić information content (AvgIpc) is 2.41. The normalized spacial score (nSPS) is 11.5. The quantitative estimate of drug-likeness (QED) is 0.608. The Labute approximate surface area is 84.8 Å². The van der Waals surface area contributed by atoms with Crippen molar-refractivity contribution in [1.82, 2.24) is 4.68 Å². The molecule has 0 N–H and O–H groups in total. The van der Waals surface area contributed by atoms with Crippen LogP contribution in [0.4, 0.5) is 0 Å².